The summed E-state index contributed by atoms with van der Waals surface area (Å²) < 4.78 is 29.6. The van der Waals surface area contributed by atoms with E-state index in [0.29, 0.717) is 12.3 Å². The molecule has 1 aliphatic rings. The van der Waals surface area contributed by atoms with Crippen molar-refractivity contribution in [2.75, 3.05) is 31.2 Å². The lowest BCUT2D eigenvalue weighted by atomic mass is 10.2. The Morgan fingerprint density at radius 1 is 1.40 bits per heavy atom. The molecule has 7 nitrogen and oxygen atoms in total. The van der Waals surface area contributed by atoms with Crippen molar-refractivity contribution in [3.05, 3.63) is 24.3 Å². The minimum atomic E-state index is -3.23. The molecule has 1 aromatic rings. The van der Waals surface area contributed by atoms with E-state index in [-0.39, 0.29) is 19.0 Å². The van der Waals surface area contributed by atoms with E-state index in [1.807, 2.05) is 18.2 Å². The molecule has 2 rings (SSSR count). The van der Waals surface area contributed by atoms with Gasteiger partial charge in [0.15, 0.2) is 6.10 Å². The first-order valence-electron chi connectivity index (χ1n) is 6.17. The lowest BCUT2D eigenvalue weighted by Gasteiger charge is -2.26. The van der Waals surface area contributed by atoms with Gasteiger partial charge in [-0.15, -0.1) is 0 Å². The van der Waals surface area contributed by atoms with E-state index in [9.17, 15) is 13.2 Å². The number of carbonyl (C=O) groups excluding carboxylic acids is 1. The Morgan fingerprint density at radius 2 is 2.15 bits per heavy atom. The van der Waals surface area contributed by atoms with Crippen molar-refractivity contribution in [1.29, 1.82) is 0 Å². The quantitative estimate of drug-likeness (QED) is 0.639. The number of benzene rings is 1. The van der Waals surface area contributed by atoms with Gasteiger partial charge in [0, 0.05) is 13.1 Å². The fraction of sp³-hybridized carbons (Fsp3) is 0.417. The van der Waals surface area contributed by atoms with Crippen molar-refractivity contribution in [2.24, 2.45) is 0 Å². The molecule has 0 bridgehead atoms. The molecule has 0 fully saturated rings. The molecule has 1 atom stereocenters. The van der Waals surface area contributed by atoms with Gasteiger partial charge in [0.1, 0.15) is 5.75 Å². The standard InChI is InChI=1S/C12H17N3O4S/c1-20(17,18)15-7-6-13-12(16)11-8-14-9-4-2-3-5-10(9)19-11/h2-5,11,14-15H,6-8H2,1H3,(H,13,16). The molecule has 1 aliphatic heterocycles. The average molecular weight is 299 g/mol. The van der Waals surface area contributed by atoms with E-state index >= 15 is 0 Å². The van der Waals surface area contributed by atoms with Crippen molar-refractivity contribution in [2.45, 2.75) is 6.10 Å². The van der Waals surface area contributed by atoms with Crippen LogP contribution in [-0.4, -0.2) is 46.3 Å². The Balaban J connectivity index is 1.80. The first-order chi connectivity index (χ1) is 9.46. The normalized spacial score (nSPS) is 17.6. The van der Waals surface area contributed by atoms with E-state index in [2.05, 4.69) is 15.4 Å². The van der Waals surface area contributed by atoms with Crippen LogP contribution in [0.2, 0.25) is 0 Å². The molecule has 0 aromatic heterocycles. The maximum absolute atomic E-state index is 11.9. The predicted molar refractivity (Wildman–Crippen MR) is 75.2 cm³/mol. The molecule has 0 spiro atoms. The van der Waals surface area contributed by atoms with Crippen LogP contribution in [0.4, 0.5) is 5.69 Å². The van der Waals surface area contributed by atoms with Gasteiger partial charge in [0.2, 0.25) is 10.0 Å². The molecule has 0 saturated heterocycles. The minimum absolute atomic E-state index is 0.154. The summed E-state index contributed by atoms with van der Waals surface area (Å²) in [6.45, 7) is 0.747. The number of anilines is 1. The highest BCUT2D eigenvalue weighted by atomic mass is 32.2. The number of hydrogen-bond donors (Lipinski definition) is 3. The number of sulfonamides is 1. The molecule has 110 valence electrons. The summed E-state index contributed by atoms with van der Waals surface area (Å²) in [7, 11) is -3.23. The van der Waals surface area contributed by atoms with Gasteiger partial charge >= 0.3 is 0 Å². The molecule has 1 heterocycles. The number of amides is 1. The monoisotopic (exact) mass is 299 g/mol. The highest BCUT2D eigenvalue weighted by Crippen LogP contribution is 2.27. The summed E-state index contributed by atoms with van der Waals surface area (Å²) in [5.74, 6) is 0.357. The summed E-state index contributed by atoms with van der Waals surface area (Å²) in [5.41, 5.74) is 0.857. The number of nitrogens with one attached hydrogen (secondary N) is 3. The highest BCUT2D eigenvalue weighted by Gasteiger charge is 2.25. The average Bonchev–Trinajstić information content (AvgIpc) is 2.42. The molecule has 0 aliphatic carbocycles. The van der Waals surface area contributed by atoms with E-state index in [0.717, 1.165) is 11.9 Å². The number of hydrogen-bond acceptors (Lipinski definition) is 5. The Labute approximate surface area is 117 Å². The summed E-state index contributed by atoms with van der Waals surface area (Å²) in [6, 6.07) is 7.37. The second-order valence-corrected chi connectivity index (χ2v) is 6.27. The third-order valence-corrected chi connectivity index (χ3v) is 3.44. The SMILES string of the molecule is CS(=O)(=O)NCCNC(=O)C1CNc2ccccc2O1. The Hall–Kier alpha value is -1.80. The van der Waals surface area contributed by atoms with Crippen LogP contribution in [0.3, 0.4) is 0 Å². The number of fused-ring (bicyclic) bond motifs is 1. The molecular formula is C12H17N3O4S. The van der Waals surface area contributed by atoms with Crippen LogP contribution >= 0.6 is 0 Å². The third-order valence-electron chi connectivity index (χ3n) is 2.72. The number of ether oxygens (including phenoxy) is 1. The fourth-order valence-electron chi connectivity index (χ4n) is 1.80. The highest BCUT2D eigenvalue weighted by molar-refractivity contribution is 7.88. The summed E-state index contributed by atoms with van der Waals surface area (Å²) in [6.07, 6.45) is 0.447. The van der Waals surface area contributed by atoms with Crippen LogP contribution in [0.25, 0.3) is 0 Å². The van der Waals surface area contributed by atoms with E-state index < -0.39 is 16.1 Å². The van der Waals surface area contributed by atoms with E-state index in [4.69, 9.17) is 4.74 Å². The summed E-state index contributed by atoms with van der Waals surface area (Å²) >= 11 is 0. The molecule has 1 amide bonds. The van der Waals surface area contributed by atoms with Gasteiger partial charge in [-0.25, -0.2) is 13.1 Å². The topological polar surface area (TPSA) is 96.5 Å². The smallest absolute Gasteiger partial charge is 0.262 e. The zero-order chi connectivity index (χ0) is 14.6. The maximum Gasteiger partial charge on any atom is 0.262 e. The number of rotatable bonds is 5. The van der Waals surface area contributed by atoms with Gasteiger partial charge in [0.05, 0.1) is 18.5 Å². The molecule has 1 aromatic carbocycles. The van der Waals surface area contributed by atoms with Crippen molar-refractivity contribution in [3.8, 4) is 5.75 Å². The lowest BCUT2D eigenvalue weighted by molar-refractivity contribution is -0.127. The number of para-hydroxylation sites is 2. The van der Waals surface area contributed by atoms with Gasteiger partial charge in [-0.1, -0.05) is 12.1 Å². The molecule has 0 saturated carbocycles. The van der Waals surface area contributed by atoms with Gasteiger partial charge in [0.25, 0.3) is 5.91 Å². The first-order valence-corrected chi connectivity index (χ1v) is 8.07. The molecular weight excluding hydrogens is 282 g/mol. The van der Waals surface area contributed by atoms with Crippen LogP contribution in [-0.2, 0) is 14.8 Å². The minimum Gasteiger partial charge on any atom is -0.477 e. The second-order valence-electron chi connectivity index (χ2n) is 4.44. The Morgan fingerprint density at radius 3 is 2.90 bits per heavy atom. The Kier molecular flexibility index (Phi) is 4.46. The zero-order valence-electron chi connectivity index (χ0n) is 11.0. The van der Waals surface area contributed by atoms with Gasteiger partial charge < -0.3 is 15.4 Å². The molecule has 0 radical (unpaired) electrons. The molecule has 8 heteroatoms. The van der Waals surface area contributed by atoms with E-state index in [1.54, 1.807) is 6.07 Å². The first kappa shape index (κ1) is 14.6. The van der Waals surface area contributed by atoms with Crippen LogP contribution < -0.4 is 20.1 Å². The van der Waals surface area contributed by atoms with Crippen LogP contribution in [0.15, 0.2) is 24.3 Å². The van der Waals surface area contributed by atoms with Crippen molar-refractivity contribution in [1.82, 2.24) is 10.0 Å². The number of carbonyl (C=O) groups is 1. The van der Waals surface area contributed by atoms with Crippen molar-refractivity contribution in [3.63, 3.8) is 0 Å². The van der Waals surface area contributed by atoms with E-state index in [1.165, 1.54) is 0 Å². The Bertz CT molecular complexity index is 588. The van der Waals surface area contributed by atoms with Crippen LogP contribution in [0, 0.1) is 0 Å². The maximum atomic E-state index is 11.9. The van der Waals surface area contributed by atoms with Crippen molar-refractivity contribution >= 4 is 21.6 Å². The largest absolute Gasteiger partial charge is 0.477 e. The van der Waals surface area contributed by atoms with Crippen LogP contribution in [0.1, 0.15) is 0 Å². The molecule has 3 N–H and O–H groups in total. The van der Waals surface area contributed by atoms with Crippen LogP contribution in [0.5, 0.6) is 5.75 Å². The van der Waals surface area contributed by atoms with Gasteiger partial charge in [-0.2, -0.15) is 0 Å². The zero-order valence-corrected chi connectivity index (χ0v) is 11.9. The van der Waals surface area contributed by atoms with Crippen molar-refractivity contribution < 1.29 is 17.9 Å². The van der Waals surface area contributed by atoms with Gasteiger partial charge in [-0.05, 0) is 12.1 Å². The fourth-order valence-corrected chi connectivity index (χ4v) is 2.27. The predicted octanol–water partition coefficient (Wildman–Crippen LogP) is -0.475. The second kappa shape index (κ2) is 6.10. The summed E-state index contributed by atoms with van der Waals surface area (Å²) in [4.78, 5) is 11.9. The van der Waals surface area contributed by atoms with Gasteiger partial charge in [-0.3, -0.25) is 4.79 Å². The molecule has 20 heavy (non-hydrogen) atoms. The third kappa shape index (κ3) is 4.10. The lowest BCUT2D eigenvalue weighted by Crippen LogP contribution is -2.46. The summed E-state index contributed by atoms with van der Waals surface area (Å²) in [5, 5.41) is 5.74. The molecule has 1 unspecified atom stereocenters.